The Morgan fingerprint density at radius 3 is 1.87 bits per heavy atom. The van der Waals surface area contributed by atoms with E-state index in [1.54, 1.807) is 0 Å². The van der Waals surface area contributed by atoms with Crippen molar-refractivity contribution in [2.24, 2.45) is 0 Å². The molecular weight excluding hydrogens is 416 g/mol. The van der Waals surface area contributed by atoms with Crippen LogP contribution < -0.4 is 0 Å². The molecular formula is C20H38O11. The first-order valence-electron chi connectivity index (χ1n) is 11.1. The highest BCUT2D eigenvalue weighted by Gasteiger charge is 2.50. The van der Waals surface area contributed by atoms with Gasteiger partial charge in [-0.15, -0.1) is 0 Å². The molecule has 0 aliphatic carbocycles. The Hall–Kier alpha value is -0.440. The van der Waals surface area contributed by atoms with Crippen LogP contribution in [0.15, 0.2) is 0 Å². The fourth-order valence-corrected chi connectivity index (χ4v) is 3.77. The molecule has 2 aliphatic rings. The van der Waals surface area contributed by atoms with E-state index in [4.69, 9.17) is 18.9 Å². The largest absolute Gasteiger partial charge is 0.394 e. The highest BCUT2D eigenvalue weighted by Crippen LogP contribution is 2.29. The molecule has 2 heterocycles. The summed E-state index contributed by atoms with van der Waals surface area (Å²) in [4.78, 5) is 0. The van der Waals surface area contributed by atoms with E-state index in [0.29, 0.717) is 6.61 Å². The monoisotopic (exact) mass is 454 g/mol. The molecule has 11 heteroatoms. The molecule has 2 rings (SSSR count). The van der Waals surface area contributed by atoms with Gasteiger partial charge in [0.2, 0.25) is 0 Å². The molecule has 31 heavy (non-hydrogen) atoms. The summed E-state index contributed by atoms with van der Waals surface area (Å²) in [7, 11) is 0. The average molecular weight is 455 g/mol. The first-order chi connectivity index (χ1) is 14.8. The molecule has 0 radical (unpaired) electrons. The van der Waals surface area contributed by atoms with Crippen molar-refractivity contribution >= 4 is 0 Å². The van der Waals surface area contributed by atoms with Crippen molar-refractivity contribution in [1.82, 2.24) is 0 Å². The van der Waals surface area contributed by atoms with Gasteiger partial charge in [-0.25, -0.2) is 0 Å². The van der Waals surface area contributed by atoms with Gasteiger partial charge in [-0.2, -0.15) is 0 Å². The third-order valence-corrected chi connectivity index (χ3v) is 5.74. The molecule has 0 aromatic heterocycles. The van der Waals surface area contributed by atoms with Gasteiger partial charge in [0.15, 0.2) is 12.6 Å². The Bertz CT molecular complexity index is 492. The molecule has 0 amide bonds. The third-order valence-electron chi connectivity index (χ3n) is 5.74. The van der Waals surface area contributed by atoms with Gasteiger partial charge in [0.05, 0.1) is 13.2 Å². The minimum atomic E-state index is -1.69. The first kappa shape index (κ1) is 26.8. The van der Waals surface area contributed by atoms with Crippen LogP contribution in [0.2, 0.25) is 0 Å². The lowest BCUT2D eigenvalue weighted by molar-refractivity contribution is -0.359. The number of hydrogen-bond acceptors (Lipinski definition) is 11. The van der Waals surface area contributed by atoms with Crippen LogP contribution in [0.4, 0.5) is 0 Å². The van der Waals surface area contributed by atoms with Crippen molar-refractivity contribution in [1.29, 1.82) is 0 Å². The molecule has 0 unspecified atom stereocenters. The van der Waals surface area contributed by atoms with Gasteiger partial charge in [0, 0.05) is 6.61 Å². The van der Waals surface area contributed by atoms with Crippen LogP contribution in [0.5, 0.6) is 0 Å². The lowest BCUT2D eigenvalue weighted by Crippen LogP contribution is -2.64. The SMILES string of the molecule is CCCCCCCCO[C@@H]1O[C@H](CO)[C@H](O[C@@H]2O[C@H](CO)[C@H](O)[C@H](O)[C@H]2O)[C@H](O)[C@H]1O. The number of aliphatic hydroxyl groups is 7. The number of ether oxygens (including phenoxy) is 4. The maximum absolute atomic E-state index is 10.5. The quantitative estimate of drug-likeness (QED) is 0.162. The Kier molecular flexibility index (Phi) is 11.5. The van der Waals surface area contributed by atoms with Gasteiger partial charge < -0.3 is 54.7 Å². The molecule has 2 saturated heterocycles. The van der Waals surface area contributed by atoms with E-state index >= 15 is 0 Å². The summed E-state index contributed by atoms with van der Waals surface area (Å²) in [5.74, 6) is 0. The first-order valence-corrected chi connectivity index (χ1v) is 11.1. The van der Waals surface area contributed by atoms with Crippen molar-refractivity contribution in [3.63, 3.8) is 0 Å². The summed E-state index contributed by atoms with van der Waals surface area (Å²) >= 11 is 0. The van der Waals surface area contributed by atoms with Crippen molar-refractivity contribution in [3.8, 4) is 0 Å². The van der Waals surface area contributed by atoms with Crippen molar-refractivity contribution in [2.45, 2.75) is 107 Å². The minimum absolute atomic E-state index is 0.316. The van der Waals surface area contributed by atoms with Crippen molar-refractivity contribution in [2.75, 3.05) is 19.8 Å². The maximum Gasteiger partial charge on any atom is 0.187 e. The molecule has 11 nitrogen and oxygen atoms in total. The summed E-state index contributed by atoms with van der Waals surface area (Å²) in [6, 6.07) is 0. The predicted octanol–water partition coefficient (Wildman–Crippen LogP) is -2.01. The molecule has 184 valence electrons. The van der Waals surface area contributed by atoms with E-state index in [-0.39, 0.29) is 0 Å². The molecule has 0 bridgehead atoms. The van der Waals surface area contributed by atoms with Crippen molar-refractivity contribution in [3.05, 3.63) is 0 Å². The molecule has 2 aliphatic heterocycles. The van der Waals surface area contributed by atoms with E-state index in [1.165, 1.54) is 6.42 Å². The molecule has 0 aromatic carbocycles. The van der Waals surface area contributed by atoms with Crippen LogP contribution in [0, 0.1) is 0 Å². The molecule has 0 saturated carbocycles. The van der Waals surface area contributed by atoms with Crippen molar-refractivity contribution < 1.29 is 54.7 Å². The fourth-order valence-electron chi connectivity index (χ4n) is 3.77. The molecule has 10 atom stereocenters. The van der Waals surface area contributed by atoms with Crippen LogP contribution in [0.25, 0.3) is 0 Å². The molecule has 0 aromatic rings. The Balaban J connectivity index is 1.90. The Morgan fingerprint density at radius 2 is 1.23 bits per heavy atom. The number of rotatable bonds is 12. The van der Waals surface area contributed by atoms with Gasteiger partial charge in [0.1, 0.15) is 48.8 Å². The fraction of sp³-hybridized carbons (Fsp3) is 1.00. The topological polar surface area (TPSA) is 179 Å². The second-order valence-electron chi connectivity index (χ2n) is 8.14. The molecule has 0 spiro atoms. The molecule has 7 N–H and O–H groups in total. The van der Waals surface area contributed by atoms with Crippen LogP contribution in [-0.4, -0.2) is 117 Å². The Morgan fingerprint density at radius 1 is 0.645 bits per heavy atom. The lowest BCUT2D eigenvalue weighted by atomic mass is 9.97. The zero-order valence-corrected chi connectivity index (χ0v) is 17.9. The summed E-state index contributed by atoms with van der Waals surface area (Å²) in [6.45, 7) is 1.23. The summed E-state index contributed by atoms with van der Waals surface area (Å²) < 4.78 is 21.9. The normalized spacial score (nSPS) is 41.4. The van der Waals surface area contributed by atoms with Gasteiger partial charge >= 0.3 is 0 Å². The molecule has 2 fully saturated rings. The van der Waals surface area contributed by atoms with Crippen LogP contribution >= 0.6 is 0 Å². The van der Waals surface area contributed by atoms with E-state index in [2.05, 4.69) is 6.92 Å². The Labute approximate surface area is 182 Å². The highest BCUT2D eigenvalue weighted by molar-refractivity contribution is 4.94. The predicted molar refractivity (Wildman–Crippen MR) is 106 cm³/mol. The smallest absolute Gasteiger partial charge is 0.187 e. The summed E-state index contributed by atoms with van der Waals surface area (Å²) in [6.07, 6.45) is -7.98. The van der Waals surface area contributed by atoms with E-state index in [9.17, 15) is 35.7 Å². The number of hydrogen-bond donors (Lipinski definition) is 7. The second kappa shape index (κ2) is 13.3. The maximum atomic E-state index is 10.5. The van der Waals surface area contributed by atoms with Gasteiger partial charge in [-0.1, -0.05) is 39.0 Å². The average Bonchev–Trinajstić information content (AvgIpc) is 2.77. The van der Waals surface area contributed by atoms with E-state index < -0.39 is 74.6 Å². The van der Waals surface area contributed by atoms with Gasteiger partial charge in [-0.3, -0.25) is 0 Å². The number of unbranched alkanes of at least 4 members (excludes halogenated alkanes) is 5. The van der Waals surface area contributed by atoms with Crippen LogP contribution in [0.1, 0.15) is 45.4 Å². The van der Waals surface area contributed by atoms with Gasteiger partial charge in [0.25, 0.3) is 0 Å². The van der Waals surface area contributed by atoms with E-state index in [0.717, 1.165) is 32.1 Å². The summed E-state index contributed by atoms with van der Waals surface area (Å²) in [5, 5.41) is 69.7. The van der Waals surface area contributed by atoms with Crippen LogP contribution in [0.3, 0.4) is 0 Å². The number of aliphatic hydroxyl groups excluding tert-OH is 7. The summed E-state index contributed by atoms with van der Waals surface area (Å²) in [5.41, 5.74) is 0. The van der Waals surface area contributed by atoms with Crippen LogP contribution in [-0.2, 0) is 18.9 Å². The highest BCUT2D eigenvalue weighted by atomic mass is 16.7. The second-order valence-corrected chi connectivity index (χ2v) is 8.14. The van der Waals surface area contributed by atoms with Gasteiger partial charge in [-0.05, 0) is 6.42 Å². The standard InChI is InChI=1S/C20H38O11/c1-2-3-4-5-6-7-8-28-19-17(27)15(25)18(12(10-22)30-19)31-20-16(26)14(24)13(23)11(9-21)29-20/h11-27H,2-10H2,1H3/t11-,12-,13+,14+,15-,16-,17-,18+,19-,20+/m1/s1. The minimum Gasteiger partial charge on any atom is -0.394 e. The zero-order valence-electron chi connectivity index (χ0n) is 17.9. The van der Waals surface area contributed by atoms with E-state index in [1.807, 2.05) is 0 Å². The zero-order chi connectivity index (χ0) is 23.0. The third kappa shape index (κ3) is 7.02. The lowest BCUT2D eigenvalue weighted by Gasteiger charge is -2.45.